The molecule has 1 aliphatic carbocycles. The zero-order valence-electron chi connectivity index (χ0n) is 17.4. The van der Waals surface area contributed by atoms with E-state index in [1.165, 1.54) is 31.2 Å². The van der Waals surface area contributed by atoms with Crippen LogP contribution in [0.2, 0.25) is 0 Å². The molecule has 1 fully saturated rings. The Kier molecular flexibility index (Phi) is 6.59. The van der Waals surface area contributed by atoms with Crippen LogP contribution in [-0.2, 0) is 27.5 Å². The van der Waals surface area contributed by atoms with Gasteiger partial charge in [-0.05, 0) is 61.2 Å². The van der Waals surface area contributed by atoms with Crippen LogP contribution in [0.1, 0.15) is 60.8 Å². The molecule has 2 aromatic rings. The summed E-state index contributed by atoms with van der Waals surface area (Å²) in [5.41, 5.74) is -4.07. The lowest BCUT2D eigenvalue weighted by molar-refractivity contribution is -0.143. The van der Waals surface area contributed by atoms with Gasteiger partial charge < -0.3 is 5.32 Å². The Morgan fingerprint density at radius 2 is 1.39 bits per heavy atom. The first-order chi connectivity index (χ1) is 15.2. The van der Waals surface area contributed by atoms with Gasteiger partial charge in [-0.15, -0.1) is 0 Å². The first-order valence-corrected chi connectivity index (χ1v) is 10.1. The largest absolute Gasteiger partial charge is 0.416 e. The smallest absolute Gasteiger partial charge is 0.346 e. The number of carbonyl (C=O) groups is 2. The minimum atomic E-state index is -5.04. The van der Waals surface area contributed by atoms with Crippen molar-refractivity contribution in [3.8, 4) is 0 Å². The molecule has 33 heavy (non-hydrogen) atoms. The van der Waals surface area contributed by atoms with E-state index in [4.69, 9.17) is 0 Å². The molecule has 1 atom stereocenters. The summed E-state index contributed by atoms with van der Waals surface area (Å²) in [7, 11) is 0. The fourth-order valence-electron chi connectivity index (χ4n) is 3.93. The van der Waals surface area contributed by atoms with E-state index >= 15 is 0 Å². The van der Waals surface area contributed by atoms with Crippen LogP contribution in [0, 0.1) is 5.82 Å². The first-order valence-electron chi connectivity index (χ1n) is 10.1. The van der Waals surface area contributed by atoms with Gasteiger partial charge in [0.1, 0.15) is 11.6 Å². The monoisotopic (exact) mass is 475 g/mol. The van der Waals surface area contributed by atoms with Gasteiger partial charge in [0.15, 0.2) is 0 Å². The summed E-state index contributed by atoms with van der Waals surface area (Å²) in [6, 6.07) is 6.25. The molecule has 3 rings (SSSR count). The normalized spacial score (nSPS) is 17.5. The van der Waals surface area contributed by atoms with E-state index in [0.29, 0.717) is 17.7 Å². The zero-order chi connectivity index (χ0) is 24.6. The molecule has 1 saturated carbocycles. The molecular weight excluding hydrogens is 455 g/mol. The Morgan fingerprint density at radius 1 is 0.909 bits per heavy atom. The summed E-state index contributed by atoms with van der Waals surface area (Å²) in [6.45, 7) is 1.21. The molecular formula is C23H20F7NO2. The van der Waals surface area contributed by atoms with Crippen molar-refractivity contribution in [3.05, 3.63) is 70.5 Å². The number of benzene rings is 2. The third kappa shape index (κ3) is 5.54. The van der Waals surface area contributed by atoms with Gasteiger partial charge in [-0.3, -0.25) is 9.59 Å². The summed E-state index contributed by atoms with van der Waals surface area (Å²) in [4.78, 5) is 24.8. The van der Waals surface area contributed by atoms with Gasteiger partial charge in [0.2, 0.25) is 5.91 Å². The van der Waals surface area contributed by atoms with E-state index < -0.39 is 52.2 Å². The van der Waals surface area contributed by atoms with E-state index in [1.807, 2.05) is 0 Å². The average molecular weight is 475 g/mol. The average Bonchev–Trinajstić information content (AvgIpc) is 2.74. The van der Waals surface area contributed by atoms with E-state index in [2.05, 4.69) is 5.32 Å². The molecule has 178 valence electrons. The van der Waals surface area contributed by atoms with Gasteiger partial charge in [0.25, 0.3) is 0 Å². The molecule has 0 radical (unpaired) electrons. The lowest BCUT2D eigenvalue weighted by Gasteiger charge is -2.39. The maximum atomic E-state index is 13.4. The molecule has 10 heteroatoms. The lowest BCUT2D eigenvalue weighted by atomic mass is 9.75. The van der Waals surface area contributed by atoms with Crippen molar-refractivity contribution in [2.75, 3.05) is 0 Å². The van der Waals surface area contributed by atoms with Crippen molar-refractivity contribution in [1.82, 2.24) is 5.32 Å². The molecule has 3 nitrogen and oxygen atoms in total. The Bertz CT molecular complexity index is 1000. The van der Waals surface area contributed by atoms with Crippen LogP contribution in [0.4, 0.5) is 30.7 Å². The minimum Gasteiger partial charge on any atom is -0.346 e. The molecule has 0 aromatic heterocycles. The molecule has 2 aromatic carbocycles. The van der Waals surface area contributed by atoms with E-state index in [0.717, 1.165) is 0 Å². The second kappa shape index (κ2) is 8.79. The highest BCUT2D eigenvalue weighted by molar-refractivity contribution is 5.85. The van der Waals surface area contributed by atoms with Crippen LogP contribution in [0.15, 0.2) is 42.5 Å². The highest BCUT2D eigenvalue weighted by atomic mass is 19.4. The second-order valence-electron chi connectivity index (χ2n) is 8.18. The number of nitrogens with one attached hydrogen (secondary N) is 1. The van der Waals surface area contributed by atoms with Crippen LogP contribution in [0.25, 0.3) is 0 Å². The Morgan fingerprint density at radius 3 is 1.85 bits per heavy atom. The van der Waals surface area contributed by atoms with Crippen molar-refractivity contribution in [3.63, 3.8) is 0 Å². The number of hydrogen-bond acceptors (Lipinski definition) is 2. The Labute approximate surface area is 185 Å². The third-order valence-electron chi connectivity index (χ3n) is 5.92. The molecule has 1 amide bonds. The number of amides is 1. The molecule has 0 saturated heterocycles. The topological polar surface area (TPSA) is 46.2 Å². The van der Waals surface area contributed by atoms with Crippen LogP contribution in [0.3, 0.4) is 0 Å². The van der Waals surface area contributed by atoms with Crippen LogP contribution < -0.4 is 5.32 Å². The van der Waals surface area contributed by atoms with Crippen molar-refractivity contribution >= 4 is 11.7 Å². The number of alkyl halides is 6. The van der Waals surface area contributed by atoms with Gasteiger partial charge in [-0.1, -0.05) is 12.1 Å². The van der Waals surface area contributed by atoms with Crippen LogP contribution in [0.5, 0.6) is 0 Å². The van der Waals surface area contributed by atoms with Crippen molar-refractivity contribution in [2.45, 2.75) is 56.4 Å². The molecule has 1 aliphatic rings. The first kappa shape index (κ1) is 24.7. The maximum absolute atomic E-state index is 13.4. The summed E-state index contributed by atoms with van der Waals surface area (Å²) in [6.07, 6.45) is -9.49. The van der Waals surface area contributed by atoms with Gasteiger partial charge in [-0.25, -0.2) is 4.39 Å². The van der Waals surface area contributed by atoms with Crippen molar-refractivity contribution < 1.29 is 40.3 Å². The molecule has 0 unspecified atom stereocenters. The summed E-state index contributed by atoms with van der Waals surface area (Å²) in [5.74, 6) is -2.73. The number of halogens is 7. The van der Waals surface area contributed by atoms with Gasteiger partial charge in [0, 0.05) is 12.8 Å². The quantitative estimate of drug-likeness (QED) is 0.542. The predicted octanol–water partition coefficient (Wildman–Crippen LogP) is 6.12. The fraction of sp³-hybridized carbons (Fsp3) is 0.391. The number of ketones is 1. The van der Waals surface area contributed by atoms with E-state index in [1.54, 1.807) is 0 Å². The summed E-state index contributed by atoms with van der Waals surface area (Å²) >= 11 is 0. The van der Waals surface area contributed by atoms with E-state index in [9.17, 15) is 40.3 Å². The standard InChI is InChI=1S/C23H20F7NO2/c1-13(14-10-16(22(25,26)27)12-17(11-14)23(28,29)30)20(33)31-21(8-6-19(32)7-9-21)15-2-4-18(24)5-3-15/h2-5,10-13H,6-9H2,1H3,(H,31,33)/t13-/m0/s1. The molecule has 0 aliphatic heterocycles. The predicted molar refractivity (Wildman–Crippen MR) is 105 cm³/mol. The number of Topliss-reactive ketones (excluding diaryl/α,β-unsaturated/α-hetero) is 1. The maximum Gasteiger partial charge on any atom is 0.416 e. The highest BCUT2D eigenvalue weighted by Crippen LogP contribution is 2.39. The summed E-state index contributed by atoms with van der Waals surface area (Å²) in [5, 5.41) is 2.73. The lowest BCUT2D eigenvalue weighted by Crippen LogP contribution is -2.49. The summed E-state index contributed by atoms with van der Waals surface area (Å²) < 4.78 is 92.6. The third-order valence-corrected chi connectivity index (χ3v) is 5.92. The highest BCUT2D eigenvalue weighted by Gasteiger charge is 2.40. The SMILES string of the molecule is C[C@H](C(=O)NC1(c2ccc(F)cc2)CCC(=O)CC1)c1cc(C(F)(F)F)cc(C(F)(F)F)c1. The molecule has 1 N–H and O–H groups in total. The van der Waals surface area contributed by atoms with Gasteiger partial charge in [0.05, 0.1) is 22.6 Å². The molecule has 0 bridgehead atoms. The zero-order valence-corrected chi connectivity index (χ0v) is 17.4. The number of hydrogen-bond donors (Lipinski definition) is 1. The molecule has 0 heterocycles. The van der Waals surface area contributed by atoms with Gasteiger partial charge >= 0.3 is 12.4 Å². The second-order valence-corrected chi connectivity index (χ2v) is 8.18. The minimum absolute atomic E-state index is 0.000872. The van der Waals surface area contributed by atoms with Crippen molar-refractivity contribution in [2.24, 2.45) is 0 Å². The Balaban J connectivity index is 1.96. The molecule has 0 spiro atoms. The Hall–Kier alpha value is -2.91. The van der Waals surface area contributed by atoms with Crippen LogP contribution in [-0.4, -0.2) is 11.7 Å². The van der Waals surface area contributed by atoms with Crippen molar-refractivity contribution in [1.29, 1.82) is 0 Å². The number of rotatable bonds is 4. The van der Waals surface area contributed by atoms with Gasteiger partial charge in [-0.2, -0.15) is 26.3 Å². The number of carbonyl (C=O) groups excluding carboxylic acids is 2. The van der Waals surface area contributed by atoms with E-state index in [-0.39, 0.29) is 37.5 Å². The van der Waals surface area contributed by atoms with Crippen LogP contribution >= 0.6 is 0 Å². The fourth-order valence-corrected chi connectivity index (χ4v) is 3.93.